The van der Waals surface area contributed by atoms with E-state index in [0.717, 1.165) is 71.5 Å². The molecule has 2 fully saturated rings. The molecule has 0 bridgehead atoms. The van der Waals surface area contributed by atoms with Gasteiger partial charge in [0.05, 0.1) is 16.6 Å². The van der Waals surface area contributed by atoms with Gasteiger partial charge in [-0.05, 0) is 73.3 Å². The number of ether oxygens (including phenoxy) is 1. The van der Waals surface area contributed by atoms with Crippen molar-refractivity contribution in [1.29, 1.82) is 0 Å². The highest BCUT2D eigenvalue weighted by Crippen LogP contribution is 2.64. The molecule has 1 saturated carbocycles. The van der Waals surface area contributed by atoms with E-state index in [4.69, 9.17) is 4.74 Å². The SMILES string of the molecule is CN1CCC(Oc2ccc(/C=C/c3n[nH]c4cc(C5CC56C(=O)Nc5ccccc56)ccc34)cc2)CC1. The van der Waals surface area contributed by atoms with Gasteiger partial charge in [-0.15, -0.1) is 0 Å². The zero-order valence-corrected chi connectivity index (χ0v) is 20.9. The molecule has 0 radical (unpaired) electrons. The maximum absolute atomic E-state index is 12.9. The van der Waals surface area contributed by atoms with Gasteiger partial charge < -0.3 is 15.0 Å². The van der Waals surface area contributed by atoms with Crippen LogP contribution in [-0.2, 0) is 10.2 Å². The molecule has 2 atom stereocenters. The number of aromatic amines is 1. The summed E-state index contributed by atoms with van der Waals surface area (Å²) in [6.45, 7) is 2.19. The van der Waals surface area contributed by atoms with E-state index in [1.54, 1.807) is 0 Å². The number of H-pyrrole nitrogens is 1. The van der Waals surface area contributed by atoms with Crippen molar-refractivity contribution >= 4 is 34.6 Å². The highest BCUT2D eigenvalue weighted by Gasteiger charge is 2.65. The van der Waals surface area contributed by atoms with Crippen LogP contribution in [0.5, 0.6) is 5.75 Å². The van der Waals surface area contributed by atoms with Gasteiger partial charge in [0.15, 0.2) is 0 Å². The Hall–Kier alpha value is -3.90. The Morgan fingerprint density at radius 1 is 1.03 bits per heavy atom. The number of hydrogen-bond acceptors (Lipinski definition) is 4. The molecule has 3 heterocycles. The van der Waals surface area contributed by atoms with Crippen LogP contribution in [0.3, 0.4) is 0 Å². The Balaban J connectivity index is 1.06. The maximum atomic E-state index is 12.9. The number of nitrogens with one attached hydrogen (secondary N) is 2. The first kappa shape index (κ1) is 22.3. The number of nitrogens with zero attached hydrogens (tertiary/aromatic N) is 2. The number of carbonyl (C=O) groups is 1. The standard InChI is InChI=1S/C31H30N4O2/c1-35-16-14-23(15-17-35)37-22-10-6-20(7-11-22)8-13-27-24-12-9-21(18-29(24)34-33-27)26-19-31(26)25-4-2-3-5-28(25)32-30(31)36/h2-13,18,23,26H,14-17,19H2,1H3,(H,32,36)(H,33,34)/b13-8+. The third-order valence-corrected chi connectivity index (χ3v) is 8.32. The molecule has 1 aliphatic carbocycles. The van der Waals surface area contributed by atoms with Crippen molar-refractivity contribution in [2.45, 2.75) is 36.7 Å². The summed E-state index contributed by atoms with van der Waals surface area (Å²) >= 11 is 0. The van der Waals surface area contributed by atoms with Crippen LogP contribution in [0.15, 0.2) is 66.7 Å². The number of aromatic nitrogens is 2. The molecule has 2 unspecified atom stereocenters. The average Bonchev–Trinajstić information content (AvgIpc) is 3.46. The van der Waals surface area contributed by atoms with Gasteiger partial charge in [0.1, 0.15) is 11.9 Å². The lowest BCUT2D eigenvalue weighted by molar-refractivity contribution is -0.118. The number of piperidine rings is 1. The van der Waals surface area contributed by atoms with Crippen LogP contribution in [0.25, 0.3) is 23.1 Å². The monoisotopic (exact) mass is 490 g/mol. The van der Waals surface area contributed by atoms with E-state index in [-0.39, 0.29) is 11.8 Å². The third kappa shape index (κ3) is 3.83. The number of para-hydroxylation sites is 1. The van der Waals surface area contributed by atoms with E-state index in [9.17, 15) is 4.79 Å². The Bertz CT molecular complexity index is 1510. The van der Waals surface area contributed by atoms with Crippen LogP contribution in [0.1, 0.15) is 47.6 Å². The fraction of sp³-hybridized carbons (Fsp3) is 0.290. The van der Waals surface area contributed by atoms with Crippen LogP contribution < -0.4 is 10.1 Å². The summed E-state index contributed by atoms with van der Waals surface area (Å²) in [4.78, 5) is 15.2. The summed E-state index contributed by atoms with van der Waals surface area (Å²) in [5.74, 6) is 1.24. The average molecular weight is 491 g/mol. The minimum Gasteiger partial charge on any atom is -0.490 e. The lowest BCUT2D eigenvalue weighted by Gasteiger charge is -2.29. The largest absolute Gasteiger partial charge is 0.490 e. The predicted molar refractivity (Wildman–Crippen MR) is 147 cm³/mol. The molecule has 4 aromatic rings. The smallest absolute Gasteiger partial charge is 0.235 e. The minimum atomic E-state index is -0.420. The van der Waals surface area contributed by atoms with Gasteiger partial charge in [-0.1, -0.05) is 48.5 Å². The summed E-state index contributed by atoms with van der Waals surface area (Å²) in [5.41, 5.74) is 5.84. The molecule has 1 amide bonds. The zero-order valence-electron chi connectivity index (χ0n) is 20.9. The summed E-state index contributed by atoms with van der Waals surface area (Å²) in [6.07, 6.45) is 7.44. The van der Waals surface area contributed by atoms with Crippen LogP contribution in [0.4, 0.5) is 5.69 Å². The summed E-state index contributed by atoms with van der Waals surface area (Å²) < 4.78 is 6.17. The molecule has 1 spiro atoms. The Morgan fingerprint density at radius 3 is 2.68 bits per heavy atom. The number of likely N-dealkylation sites (tertiary alicyclic amines) is 1. The van der Waals surface area contributed by atoms with Gasteiger partial charge in [0.2, 0.25) is 5.91 Å². The van der Waals surface area contributed by atoms with Crippen molar-refractivity contribution in [3.63, 3.8) is 0 Å². The van der Waals surface area contributed by atoms with E-state index in [1.165, 1.54) is 5.56 Å². The van der Waals surface area contributed by atoms with Crippen LogP contribution in [0.2, 0.25) is 0 Å². The predicted octanol–water partition coefficient (Wildman–Crippen LogP) is 5.58. The van der Waals surface area contributed by atoms with E-state index in [0.29, 0.717) is 6.10 Å². The fourth-order valence-corrected chi connectivity index (χ4v) is 6.08. The second-order valence-electron chi connectivity index (χ2n) is 10.7. The summed E-state index contributed by atoms with van der Waals surface area (Å²) in [7, 11) is 2.16. The Kier molecular flexibility index (Phi) is 5.18. The van der Waals surface area contributed by atoms with Crippen LogP contribution in [0, 0.1) is 0 Å². The second kappa shape index (κ2) is 8.60. The molecule has 2 N–H and O–H groups in total. The molecule has 1 saturated heterocycles. The normalized spacial score (nSPS) is 23.6. The number of anilines is 1. The quantitative estimate of drug-likeness (QED) is 0.383. The van der Waals surface area contributed by atoms with E-state index in [1.807, 2.05) is 24.3 Å². The van der Waals surface area contributed by atoms with E-state index < -0.39 is 5.41 Å². The minimum absolute atomic E-state index is 0.120. The molecule has 7 rings (SSSR count). The van der Waals surface area contributed by atoms with Crippen molar-refractivity contribution in [3.05, 3.63) is 89.1 Å². The van der Waals surface area contributed by atoms with Crippen molar-refractivity contribution in [1.82, 2.24) is 15.1 Å². The van der Waals surface area contributed by atoms with Gasteiger partial charge in [0.25, 0.3) is 0 Å². The summed E-state index contributed by atoms with van der Waals surface area (Å²) in [5, 5.41) is 11.9. The molecule has 3 aliphatic rings. The van der Waals surface area contributed by atoms with E-state index >= 15 is 0 Å². The lowest BCUT2D eigenvalue weighted by Crippen LogP contribution is -2.35. The highest BCUT2D eigenvalue weighted by atomic mass is 16.5. The molecular formula is C31H30N4O2. The van der Waals surface area contributed by atoms with Gasteiger partial charge in [-0.3, -0.25) is 9.89 Å². The molecular weight excluding hydrogens is 460 g/mol. The number of rotatable bonds is 5. The van der Waals surface area contributed by atoms with Crippen molar-refractivity contribution in [2.24, 2.45) is 0 Å². The Morgan fingerprint density at radius 2 is 1.84 bits per heavy atom. The van der Waals surface area contributed by atoms with Crippen molar-refractivity contribution in [3.8, 4) is 5.75 Å². The highest BCUT2D eigenvalue weighted by molar-refractivity contribution is 6.09. The first-order chi connectivity index (χ1) is 18.1. The topological polar surface area (TPSA) is 70.2 Å². The molecule has 1 aromatic heterocycles. The molecule has 6 heteroatoms. The third-order valence-electron chi connectivity index (χ3n) is 8.32. The first-order valence-electron chi connectivity index (χ1n) is 13.1. The first-order valence-corrected chi connectivity index (χ1v) is 13.1. The van der Waals surface area contributed by atoms with Gasteiger partial charge in [-0.2, -0.15) is 5.10 Å². The number of carbonyl (C=O) groups excluding carboxylic acids is 1. The van der Waals surface area contributed by atoms with Gasteiger partial charge in [-0.25, -0.2) is 0 Å². The maximum Gasteiger partial charge on any atom is 0.235 e. The number of fused-ring (bicyclic) bond motifs is 3. The van der Waals surface area contributed by atoms with Crippen LogP contribution in [-0.4, -0.2) is 47.2 Å². The van der Waals surface area contributed by atoms with E-state index in [2.05, 4.69) is 82.1 Å². The van der Waals surface area contributed by atoms with Crippen molar-refractivity contribution in [2.75, 3.05) is 25.5 Å². The second-order valence-corrected chi connectivity index (χ2v) is 10.7. The fourth-order valence-electron chi connectivity index (χ4n) is 6.08. The number of amides is 1. The zero-order chi connectivity index (χ0) is 25.0. The van der Waals surface area contributed by atoms with Crippen LogP contribution >= 0.6 is 0 Å². The molecule has 186 valence electrons. The van der Waals surface area contributed by atoms with Gasteiger partial charge >= 0.3 is 0 Å². The number of hydrogen-bond donors (Lipinski definition) is 2. The summed E-state index contributed by atoms with van der Waals surface area (Å²) in [6, 6.07) is 22.8. The molecule has 3 aromatic carbocycles. The number of benzene rings is 3. The lowest BCUT2D eigenvalue weighted by atomic mass is 9.92. The van der Waals surface area contributed by atoms with Gasteiger partial charge in [0, 0.05) is 30.1 Å². The Labute approximate surface area is 216 Å². The molecule has 37 heavy (non-hydrogen) atoms. The molecule has 6 nitrogen and oxygen atoms in total. The van der Waals surface area contributed by atoms with Crippen molar-refractivity contribution < 1.29 is 9.53 Å². The molecule has 2 aliphatic heterocycles.